The van der Waals surface area contributed by atoms with Crippen molar-refractivity contribution in [2.45, 2.75) is 25.9 Å². The maximum Gasteiger partial charge on any atom is 0.120 e. The SMILES string of the molecule is C[C@H](NCCOc1cccc(C#N)c1)[C@@H](C)n1cccn1. The second kappa shape index (κ2) is 7.46. The van der Waals surface area contributed by atoms with Gasteiger partial charge in [0.1, 0.15) is 12.4 Å². The average molecular weight is 284 g/mol. The van der Waals surface area contributed by atoms with E-state index in [1.807, 2.05) is 29.1 Å². The van der Waals surface area contributed by atoms with Gasteiger partial charge in [-0.1, -0.05) is 6.07 Å². The summed E-state index contributed by atoms with van der Waals surface area (Å²) < 4.78 is 7.57. The number of ether oxygens (including phenoxy) is 1. The van der Waals surface area contributed by atoms with Crippen LogP contribution in [0.3, 0.4) is 0 Å². The molecule has 2 aromatic rings. The van der Waals surface area contributed by atoms with E-state index < -0.39 is 0 Å². The molecule has 21 heavy (non-hydrogen) atoms. The molecule has 0 saturated carbocycles. The molecule has 0 saturated heterocycles. The Kier molecular flexibility index (Phi) is 5.35. The zero-order chi connectivity index (χ0) is 15.1. The Labute approximate surface area is 125 Å². The lowest BCUT2D eigenvalue weighted by atomic mass is 10.2. The van der Waals surface area contributed by atoms with Crippen LogP contribution in [-0.2, 0) is 0 Å². The van der Waals surface area contributed by atoms with Crippen molar-refractivity contribution < 1.29 is 4.74 Å². The van der Waals surface area contributed by atoms with E-state index in [4.69, 9.17) is 10.00 Å². The molecule has 2 atom stereocenters. The van der Waals surface area contributed by atoms with E-state index in [1.165, 1.54) is 0 Å². The van der Waals surface area contributed by atoms with Crippen LogP contribution < -0.4 is 10.1 Å². The monoisotopic (exact) mass is 284 g/mol. The highest BCUT2D eigenvalue weighted by Crippen LogP contribution is 2.12. The number of aromatic nitrogens is 2. The van der Waals surface area contributed by atoms with E-state index in [2.05, 4.69) is 30.3 Å². The van der Waals surface area contributed by atoms with Gasteiger partial charge in [0.05, 0.1) is 17.7 Å². The number of hydrogen-bond acceptors (Lipinski definition) is 4. The molecule has 110 valence electrons. The molecule has 5 nitrogen and oxygen atoms in total. The summed E-state index contributed by atoms with van der Waals surface area (Å²) in [5.41, 5.74) is 0.612. The van der Waals surface area contributed by atoms with Gasteiger partial charge in [0.25, 0.3) is 0 Å². The first-order valence-electron chi connectivity index (χ1n) is 7.06. The summed E-state index contributed by atoms with van der Waals surface area (Å²) in [5, 5.41) is 16.5. The Morgan fingerprint density at radius 2 is 2.24 bits per heavy atom. The number of nitrogens with zero attached hydrogens (tertiary/aromatic N) is 3. The van der Waals surface area contributed by atoms with Crippen LogP contribution in [0.15, 0.2) is 42.7 Å². The highest BCUT2D eigenvalue weighted by Gasteiger charge is 2.13. The van der Waals surface area contributed by atoms with Crippen LogP contribution in [0.4, 0.5) is 0 Å². The molecule has 0 spiro atoms. The van der Waals surface area contributed by atoms with Crippen molar-refractivity contribution in [3.8, 4) is 11.8 Å². The average Bonchev–Trinajstić information content (AvgIpc) is 3.05. The van der Waals surface area contributed by atoms with Crippen molar-refractivity contribution >= 4 is 0 Å². The molecule has 1 aromatic heterocycles. The molecule has 0 fully saturated rings. The number of rotatable bonds is 7. The maximum absolute atomic E-state index is 8.83. The quantitative estimate of drug-likeness (QED) is 0.793. The Hall–Kier alpha value is -2.32. The fourth-order valence-corrected chi connectivity index (χ4v) is 2.03. The van der Waals surface area contributed by atoms with E-state index in [9.17, 15) is 0 Å². The van der Waals surface area contributed by atoms with Crippen LogP contribution in [0.5, 0.6) is 5.75 Å². The summed E-state index contributed by atoms with van der Waals surface area (Å²) in [5.74, 6) is 0.726. The Bertz CT molecular complexity index is 589. The van der Waals surface area contributed by atoms with E-state index in [1.54, 1.807) is 18.3 Å². The summed E-state index contributed by atoms with van der Waals surface area (Å²) >= 11 is 0. The van der Waals surface area contributed by atoms with Crippen LogP contribution in [-0.4, -0.2) is 29.0 Å². The summed E-state index contributed by atoms with van der Waals surface area (Å²) in [6.07, 6.45) is 3.75. The van der Waals surface area contributed by atoms with Gasteiger partial charge < -0.3 is 10.1 Å². The van der Waals surface area contributed by atoms with Gasteiger partial charge in [-0.25, -0.2) is 0 Å². The molecule has 0 aliphatic rings. The van der Waals surface area contributed by atoms with E-state index in [0.29, 0.717) is 18.2 Å². The van der Waals surface area contributed by atoms with Crippen LogP contribution in [0.1, 0.15) is 25.5 Å². The lowest BCUT2D eigenvalue weighted by molar-refractivity contribution is 0.289. The zero-order valence-electron chi connectivity index (χ0n) is 12.4. The third kappa shape index (κ3) is 4.33. The number of nitriles is 1. The second-order valence-electron chi connectivity index (χ2n) is 4.96. The lowest BCUT2D eigenvalue weighted by Gasteiger charge is -2.21. The van der Waals surface area contributed by atoms with Gasteiger partial charge in [0.15, 0.2) is 0 Å². The largest absolute Gasteiger partial charge is 0.492 e. The highest BCUT2D eigenvalue weighted by atomic mass is 16.5. The molecule has 0 unspecified atom stereocenters. The molecule has 0 bridgehead atoms. The molecule has 1 aromatic carbocycles. The van der Waals surface area contributed by atoms with Crippen LogP contribution in [0.25, 0.3) is 0 Å². The topological polar surface area (TPSA) is 62.9 Å². The first-order valence-corrected chi connectivity index (χ1v) is 7.06. The van der Waals surface area contributed by atoms with Gasteiger partial charge in [-0.15, -0.1) is 0 Å². The number of hydrogen-bond donors (Lipinski definition) is 1. The smallest absolute Gasteiger partial charge is 0.120 e. The first kappa shape index (κ1) is 15.1. The minimum absolute atomic E-state index is 0.280. The molecule has 0 radical (unpaired) electrons. The minimum atomic E-state index is 0.280. The van der Waals surface area contributed by atoms with Gasteiger partial charge >= 0.3 is 0 Å². The first-order chi connectivity index (χ1) is 10.2. The van der Waals surface area contributed by atoms with Gasteiger partial charge in [0.2, 0.25) is 0 Å². The van der Waals surface area contributed by atoms with Crippen LogP contribution in [0, 0.1) is 11.3 Å². The van der Waals surface area contributed by atoms with Gasteiger partial charge in [-0.3, -0.25) is 4.68 Å². The fraction of sp³-hybridized carbons (Fsp3) is 0.375. The fourth-order valence-electron chi connectivity index (χ4n) is 2.03. The molecule has 1 N–H and O–H groups in total. The number of benzene rings is 1. The Balaban J connectivity index is 1.73. The predicted octanol–water partition coefficient (Wildman–Crippen LogP) is 2.37. The third-order valence-corrected chi connectivity index (χ3v) is 3.47. The summed E-state index contributed by atoms with van der Waals surface area (Å²) in [4.78, 5) is 0. The number of nitrogens with one attached hydrogen (secondary N) is 1. The van der Waals surface area contributed by atoms with E-state index >= 15 is 0 Å². The minimum Gasteiger partial charge on any atom is -0.492 e. The van der Waals surface area contributed by atoms with Crippen molar-refractivity contribution in [2.24, 2.45) is 0 Å². The third-order valence-electron chi connectivity index (χ3n) is 3.47. The molecule has 1 heterocycles. The van der Waals surface area contributed by atoms with E-state index in [-0.39, 0.29) is 6.04 Å². The molecule has 2 rings (SSSR count). The Morgan fingerprint density at radius 3 is 2.95 bits per heavy atom. The normalized spacial score (nSPS) is 13.4. The molecule has 5 heteroatoms. The maximum atomic E-state index is 8.83. The van der Waals surface area contributed by atoms with Crippen molar-refractivity contribution in [1.29, 1.82) is 5.26 Å². The van der Waals surface area contributed by atoms with Crippen molar-refractivity contribution in [2.75, 3.05) is 13.2 Å². The van der Waals surface area contributed by atoms with Crippen molar-refractivity contribution in [3.05, 3.63) is 48.3 Å². The molecular formula is C16H20N4O. The standard InChI is InChI=1S/C16H20N4O/c1-13(14(2)20-9-4-7-19-20)18-8-10-21-16-6-3-5-15(11-16)12-17/h3-7,9,11,13-14,18H,8,10H2,1-2H3/t13-,14+/m0/s1. The summed E-state index contributed by atoms with van der Waals surface area (Å²) in [7, 11) is 0. The van der Waals surface area contributed by atoms with Crippen LogP contribution >= 0.6 is 0 Å². The van der Waals surface area contributed by atoms with Crippen LogP contribution in [0.2, 0.25) is 0 Å². The summed E-state index contributed by atoms with van der Waals surface area (Å²) in [6.45, 7) is 5.55. The van der Waals surface area contributed by atoms with Gasteiger partial charge in [-0.2, -0.15) is 10.4 Å². The van der Waals surface area contributed by atoms with Gasteiger partial charge in [0, 0.05) is 25.0 Å². The van der Waals surface area contributed by atoms with Crippen molar-refractivity contribution in [1.82, 2.24) is 15.1 Å². The highest BCUT2D eigenvalue weighted by molar-refractivity contribution is 5.36. The Morgan fingerprint density at radius 1 is 1.38 bits per heavy atom. The molecule has 0 aliphatic heterocycles. The molecule has 0 amide bonds. The lowest BCUT2D eigenvalue weighted by Crippen LogP contribution is -2.36. The van der Waals surface area contributed by atoms with E-state index in [0.717, 1.165) is 12.3 Å². The van der Waals surface area contributed by atoms with Crippen molar-refractivity contribution in [3.63, 3.8) is 0 Å². The summed E-state index contributed by atoms with van der Waals surface area (Å²) in [6, 6.07) is 11.8. The molecular weight excluding hydrogens is 264 g/mol. The van der Waals surface area contributed by atoms with Gasteiger partial charge in [-0.05, 0) is 38.1 Å². The molecule has 0 aliphatic carbocycles. The zero-order valence-corrected chi connectivity index (χ0v) is 12.4. The predicted molar refractivity (Wildman–Crippen MR) is 81.1 cm³/mol. The second-order valence-corrected chi connectivity index (χ2v) is 4.96.